The molecule has 1 saturated carbocycles. The molecule has 150 valence electrons. The summed E-state index contributed by atoms with van der Waals surface area (Å²) in [5.74, 6) is 0.0966. The van der Waals surface area contributed by atoms with Crippen molar-refractivity contribution in [3.8, 4) is 0 Å². The number of anilines is 2. The van der Waals surface area contributed by atoms with Crippen molar-refractivity contribution >= 4 is 35.1 Å². The van der Waals surface area contributed by atoms with Crippen molar-refractivity contribution in [1.29, 1.82) is 0 Å². The van der Waals surface area contributed by atoms with E-state index in [1.54, 1.807) is 13.1 Å². The van der Waals surface area contributed by atoms with Crippen LogP contribution in [0.1, 0.15) is 45.1 Å². The van der Waals surface area contributed by atoms with Gasteiger partial charge in [0.15, 0.2) is 0 Å². The first kappa shape index (κ1) is 20.4. The molecule has 0 saturated heterocycles. The molecule has 1 aromatic heterocycles. The minimum absolute atomic E-state index is 0.133. The number of aromatic nitrogens is 2. The number of carbonyl (C=O) groups is 2. The summed E-state index contributed by atoms with van der Waals surface area (Å²) in [6.45, 7) is 1.77. The Morgan fingerprint density at radius 1 is 1.18 bits per heavy atom. The molecule has 1 atom stereocenters. The Labute approximate surface area is 168 Å². The van der Waals surface area contributed by atoms with E-state index in [-0.39, 0.29) is 23.4 Å². The summed E-state index contributed by atoms with van der Waals surface area (Å²) >= 11 is 1.25. The molecule has 28 heavy (non-hydrogen) atoms. The van der Waals surface area contributed by atoms with E-state index in [9.17, 15) is 14.0 Å². The van der Waals surface area contributed by atoms with E-state index >= 15 is 0 Å². The minimum Gasteiger partial charge on any atom is -0.325 e. The molecule has 0 radical (unpaired) electrons. The molecule has 8 heteroatoms. The topological polar surface area (TPSA) is 76.0 Å². The van der Waals surface area contributed by atoms with Crippen molar-refractivity contribution in [2.24, 2.45) is 0 Å². The third-order valence-corrected chi connectivity index (χ3v) is 5.95. The van der Waals surface area contributed by atoms with Crippen LogP contribution in [-0.2, 0) is 9.59 Å². The third kappa shape index (κ3) is 5.58. The average molecular weight is 405 g/mol. The number of hydrogen-bond donors (Lipinski definition) is 2. The molecule has 2 aromatic rings. The quantitative estimate of drug-likeness (QED) is 0.724. The van der Waals surface area contributed by atoms with Crippen molar-refractivity contribution in [2.45, 2.75) is 50.3 Å². The largest absolute Gasteiger partial charge is 0.325 e. The second-order valence-electron chi connectivity index (χ2n) is 6.95. The summed E-state index contributed by atoms with van der Waals surface area (Å²) in [7, 11) is 0. The predicted molar refractivity (Wildman–Crippen MR) is 110 cm³/mol. The monoisotopic (exact) mass is 404 g/mol. The zero-order valence-electron chi connectivity index (χ0n) is 15.9. The number of amides is 2. The van der Waals surface area contributed by atoms with E-state index in [1.165, 1.54) is 55.3 Å². The van der Waals surface area contributed by atoms with Gasteiger partial charge in [-0.3, -0.25) is 9.59 Å². The molecule has 2 amide bonds. The fourth-order valence-corrected chi connectivity index (χ4v) is 3.95. The van der Waals surface area contributed by atoms with Gasteiger partial charge in [-0.2, -0.15) is 5.10 Å². The molecule has 0 spiro atoms. The van der Waals surface area contributed by atoms with Gasteiger partial charge in [-0.15, -0.1) is 11.8 Å². The number of benzene rings is 1. The Bertz CT molecular complexity index is 803. The lowest BCUT2D eigenvalue weighted by Gasteiger charge is -2.24. The zero-order valence-corrected chi connectivity index (χ0v) is 16.7. The molecule has 1 aromatic carbocycles. The van der Waals surface area contributed by atoms with Crippen LogP contribution in [0.3, 0.4) is 0 Å². The van der Waals surface area contributed by atoms with E-state index in [0.29, 0.717) is 17.5 Å². The second kappa shape index (κ2) is 9.73. The predicted octanol–water partition coefficient (Wildman–Crippen LogP) is 4.23. The molecule has 1 unspecified atom stereocenters. The van der Waals surface area contributed by atoms with Gasteiger partial charge in [0.1, 0.15) is 11.6 Å². The number of hydrogen-bond acceptors (Lipinski definition) is 4. The highest BCUT2D eigenvalue weighted by molar-refractivity contribution is 8.01. The van der Waals surface area contributed by atoms with Crippen LogP contribution in [0.4, 0.5) is 15.9 Å². The highest BCUT2D eigenvalue weighted by Crippen LogP contribution is 2.30. The van der Waals surface area contributed by atoms with E-state index in [0.717, 1.165) is 12.8 Å². The first-order valence-corrected chi connectivity index (χ1v) is 10.6. The van der Waals surface area contributed by atoms with Crippen molar-refractivity contribution < 1.29 is 14.0 Å². The lowest BCUT2D eigenvalue weighted by Crippen LogP contribution is -2.27. The van der Waals surface area contributed by atoms with Crippen LogP contribution in [0.2, 0.25) is 0 Å². The van der Waals surface area contributed by atoms with E-state index < -0.39 is 5.25 Å². The van der Waals surface area contributed by atoms with Gasteiger partial charge in [0.2, 0.25) is 11.8 Å². The van der Waals surface area contributed by atoms with Crippen LogP contribution in [0, 0.1) is 5.82 Å². The summed E-state index contributed by atoms with van der Waals surface area (Å²) < 4.78 is 14.8. The van der Waals surface area contributed by atoms with Gasteiger partial charge in [-0.25, -0.2) is 9.07 Å². The summed E-state index contributed by atoms with van der Waals surface area (Å²) in [6.07, 6.45) is 7.50. The van der Waals surface area contributed by atoms with Crippen LogP contribution in [-0.4, -0.2) is 32.6 Å². The maximum Gasteiger partial charge on any atom is 0.238 e. The van der Waals surface area contributed by atoms with Gasteiger partial charge in [0, 0.05) is 11.8 Å². The number of halogens is 1. The molecule has 2 N–H and O–H groups in total. The van der Waals surface area contributed by atoms with E-state index in [2.05, 4.69) is 15.7 Å². The lowest BCUT2D eigenvalue weighted by atomic mass is 9.96. The van der Waals surface area contributed by atoms with Gasteiger partial charge in [0.05, 0.1) is 23.2 Å². The van der Waals surface area contributed by atoms with E-state index in [1.807, 2.05) is 10.7 Å². The number of carbonyl (C=O) groups excluding carboxylic acids is 2. The number of nitrogens with one attached hydrogen (secondary N) is 2. The molecule has 3 rings (SSSR count). The van der Waals surface area contributed by atoms with Crippen LogP contribution in [0.25, 0.3) is 0 Å². The Morgan fingerprint density at radius 3 is 2.61 bits per heavy atom. The van der Waals surface area contributed by atoms with Gasteiger partial charge >= 0.3 is 0 Å². The summed E-state index contributed by atoms with van der Waals surface area (Å²) in [5, 5.41) is 9.61. The van der Waals surface area contributed by atoms with Gasteiger partial charge < -0.3 is 10.6 Å². The molecule has 1 heterocycles. The average Bonchev–Trinajstić information content (AvgIpc) is 3.16. The number of rotatable bonds is 7. The SMILES string of the molecule is CC(SCC(=O)Nc1ccc(F)cc1)C(=O)Nc1ccnn1C1CCCCC1. The Hall–Kier alpha value is -2.35. The van der Waals surface area contributed by atoms with Crippen molar-refractivity contribution in [2.75, 3.05) is 16.4 Å². The van der Waals surface area contributed by atoms with Crippen LogP contribution >= 0.6 is 11.8 Å². The Kier molecular flexibility index (Phi) is 7.08. The van der Waals surface area contributed by atoms with Crippen LogP contribution < -0.4 is 10.6 Å². The lowest BCUT2D eigenvalue weighted by molar-refractivity contribution is -0.115. The fraction of sp³-hybridized carbons (Fsp3) is 0.450. The zero-order chi connectivity index (χ0) is 19.9. The van der Waals surface area contributed by atoms with Crippen LogP contribution in [0.5, 0.6) is 0 Å². The first-order valence-electron chi connectivity index (χ1n) is 9.54. The maximum absolute atomic E-state index is 12.9. The fourth-order valence-electron chi connectivity index (χ4n) is 3.26. The van der Waals surface area contributed by atoms with Gasteiger partial charge in [0.25, 0.3) is 0 Å². The molecule has 0 aliphatic heterocycles. The number of thioether (sulfide) groups is 1. The van der Waals surface area contributed by atoms with Gasteiger partial charge in [-0.05, 0) is 44.0 Å². The first-order chi connectivity index (χ1) is 13.5. The third-order valence-electron chi connectivity index (χ3n) is 4.80. The molecule has 1 aliphatic carbocycles. The smallest absolute Gasteiger partial charge is 0.238 e. The molecule has 6 nitrogen and oxygen atoms in total. The Balaban J connectivity index is 1.47. The highest BCUT2D eigenvalue weighted by atomic mass is 32.2. The number of nitrogens with zero attached hydrogens (tertiary/aromatic N) is 2. The molecule has 0 bridgehead atoms. The highest BCUT2D eigenvalue weighted by Gasteiger charge is 2.21. The standard InChI is InChI=1S/C20H25FN4O2S/c1-14(28-13-19(26)23-16-9-7-15(21)8-10-16)20(27)24-18-11-12-22-25(18)17-5-3-2-4-6-17/h7-12,14,17H,2-6,13H2,1H3,(H,23,26)(H,24,27). The summed E-state index contributed by atoms with van der Waals surface area (Å²) in [4.78, 5) is 24.5. The maximum atomic E-state index is 12.9. The second-order valence-corrected chi connectivity index (χ2v) is 8.28. The minimum atomic E-state index is -0.395. The molecular weight excluding hydrogens is 379 g/mol. The summed E-state index contributed by atoms with van der Waals surface area (Å²) in [5.41, 5.74) is 0.528. The molecule has 1 aliphatic rings. The van der Waals surface area contributed by atoms with E-state index in [4.69, 9.17) is 0 Å². The Morgan fingerprint density at radius 2 is 1.89 bits per heavy atom. The van der Waals surface area contributed by atoms with Crippen molar-refractivity contribution in [3.05, 3.63) is 42.3 Å². The molecular formula is C20H25FN4O2S. The van der Waals surface area contributed by atoms with Crippen molar-refractivity contribution in [1.82, 2.24) is 9.78 Å². The summed E-state index contributed by atoms with van der Waals surface area (Å²) in [6, 6.07) is 7.72. The van der Waals surface area contributed by atoms with Crippen LogP contribution in [0.15, 0.2) is 36.5 Å². The van der Waals surface area contributed by atoms with Crippen molar-refractivity contribution in [3.63, 3.8) is 0 Å². The normalized spacial score (nSPS) is 15.8. The molecule has 1 fully saturated rings. The van der Waals surface area contributed by atoms with Gasteiger partial charge in [-0.1, -0.05) is 19.3 Å².